The number of Topliss-reactive ketones (excluding diaryl/α,β-unsaturated/α-hetero) is 1. The highest BCUT2D eigenvalue weighted by Gasteiger charge is 2.34. The van der Waals surface area contributed by atoms with Crippen molar-refractivity contribution in [2.24, 2.45) is 0 Å². The monoisotopic (exact) mass is 611 g/mol. The van der Waals surface area contributed by atoms with Gasteiger partial charge in [-0.3, -0.25) is 4.79 Å². The van der Waals surface area contributed by atoms with Gasteiger partial charge in [0.25, 0.3) is 0 Å². The number of benzene rings is 3. The number of ketones is 1. The van der Waals surface area contributed by atoms with Crippen molar-refractivity contribution in [1.29, 1.82) is 0 Å². The molecular formula is C31H26ClN7O3S. The van der Waals surface area contributed by atoms with Crippen LogP contribution in [0.25, 0.3) is 23.5 Å². The highest BCUT2D eigenvalue weighted by molar-refractivity contribution is 7.89. The fraction of sp³-hybridized carbons (Fsp3) is 0.129. The van der Waals surface area contributed by atoms with Crippen molar-refractivity contribution in [3.63, 3.8) is 0 Å². The summed E-state index contributed by atoms with van der Waals surface area (Å²) in [6, 6.07) is 21.4. The smallest absolute Gasteiger partial charge is 0.243 e. The summed E-state index contributed by atoms with van der Waals surface area (Å²) in [5.74, 6) is -0.307. The quantitative estimate of drug-likeness (QED) is 0.252. The zero-order chi connectivity index (χ0) is 30.1. The van der Waals surface area contributed by atoms with Gasteiger partial charge in [0.1, 0.15) is 11.4 Å². The molecule has 1 fully saturated rings. The first kappa shape index (κ1) is 28.4. The second kappa shape index (κ2) is 11.5. The van der Waals surface area contributed by atoms with E-state index in [1.807, 2.05) is 62.4 Å². The third kappa shape index (κ3) is 5.82. The molecule has 1 aliphatic rings. The minimum absolute atomic E-state index is 0.0703. The van der Waals surface area contributed by atoms with E-state index < -0.39 is 10.0 Å². The lowest BCUT2D eigenvalue weighted by Crippen LogP contribution is -2.41. The third-order valence-electron chi connectivity index (χ3n) is 7.12. The lowest BCUT2D eigenvalue weighted by Gasteiger charge is -2.29. The Morgan fingerprint density at radius 1 is 0.721 bits per heavy atom. The van der Waals surface area contributed by atoms with Gasteiger partial charge in [-0.2, -0.15) is 4.31 Å². The molecule has 0 N–H and O–H groups in total. The number of hydrogen-bond acceptors (Lipinski definition) is 7. The molecule has 5 aromatic rings. The van der Waals surface area contributed by atoms with E-state index in [-0.39, 0.29) is 34.9 Å². The van der Waals surface area contributed by atoms with Crippen LogP contribution in [-0.4, -0.2) is 61.6 Å². The van der Waals surface area contributed by atoms with Gasteiger partial charge in [-0.05, 0) is 73.5 Å². The molecule has 0 aliphatic carbocycles. The van der Waals surface area contributed by atoms with Crippen molar-refractivity contribution in [1.82, 2.24) is 34.3 Å². The van der Waals surface area contributed by atoms with Gasteiger partial charge in [0.15, 0.2) is 5.78 Å². The van der Waals surface area contributed by atoms with Crippen LogP contribution in [0.5, 0.6) is 0 Å². The Kier molecular flexibility index (Phi) is 7.61. The van der Waals surface area contributed by atoms with E-state index in [4.69, 9.17) is 11.6 Å². The van der Waals surface area contributed by atoms with Gasteiger partial charge >= 0.3 is 0 Å². The Morgan fingerprint density at radius 3 is 1.65 bits per heavy atom. The van der Waals surface area contributed by atoms with Crippen LogP contribution in [-0.2, 0) is 14.8 Å². The van der Waals surface area contributed by atoms with Gasteiger partial charge < -0.3 is 0 Å². The zero-order valence-electron chi connectivity index (χ0n) is 23.3. The van der Waals surface area contributed by atoms with Crippen LogP contribution in [0.15, 0.2) is 101 Å². The van der Waals surface area contributed by atoms with Gasteiger partial charge in [0, 0.05) is 29.3 Å². The molecule has 2 aromatic heterocycles. The van der Waals surface area contributed by atoms with Crippen LogP contribution in [0.2, 0.25) is 5.02 Å². The summed E-state index contributed by atoms with van der Waals surface area (Å²) in [6.45, 7) is 3.64. The van der Waals surface area contributed by atoms with E-state index in [1.165, 1.54) is 28.6 Å². The highest BCUT2D eigenvalue weighted by atomic mass is 35.5. The lowest BCUT2D eigenvalue weighted by atomic mass is 9.97. The standard InChI is InChI=1S/C31H26ClN7O3S/c1-21-7-3-5-9-29(21)38-19-26(33-35-38)15-23-17-37(43(41,42)28-13-11-25(32)12-14-28)18-24(31(23)40)16-27-20-39(36-34-27)30-10-6-4-8-22(30)2/h3-16,19-20H,17-18H2,1-2H3. The summed E-state index contributed by atoms with van der Waals surface area (Å²) >= 11 is 6.00. The molecular weight excluding hydrogens is 586 g/mol. The molecule has 0 atom stereocenters. The minimum Gasteiger partial charge on any atom is -0.289 e. The molecule has 0 saturated carbocycles. The molecule has 0 amide bonds. The van der Waals surface area contributed by atoms with Gasteiger partial charge in [-0.25, -0.2) is 17.8 Å². The van der Waals surface area contributed by atoms with E-state index in [9.17, 15) is 13.2 Å². The van der Waals surface area contributed by atoms with Crippen molar-refractivity contribution >= 4 is 39.6 Å². The Bertz CT molecular complexity index is 1900. The molecule has 0 unspecified atom stereocenters. The first-order valence-corrected chi connectivity index (χ1v) is 15.2. The minimum atomic E-state index is -3.98. The van der Waals surface area contributed by atoms with Crippen LogP contribution < -0.4 is 0 Å². The predicted octanol–water partition coefficient (Wildman–Crippen LogP) is 4.86. The molecule has 0 bridgehead atoms. The number of nitrogens with zero attached hydrogens (tertiary/aromatic N) is 7. The van der Waals surface area contributed by atoms with E-state index in [0.717, 1.165) is 22.5 Å². The Balaban J connectivity index is 1.39. The fourth-order valence-corrected chi connectivity index (χ4v) is 6.38. The highest BCUT2D eigenvalue weighted by Crippen LogP contribution is 2.28. The fourth-order valence-electron chi connectivity index (χ4n) is 4.85. The molecule has 1 aliphatic heterocycles. The number of hydrogen-bond donors (Lipinski definition) is 0. The Hall–Kier alpha value is -4.71. The molecule has 0 radical (unpaired) electrons. The van der Waals surface area contributed by atoms with Crippen LogP contribution in [0.1, 0.15) is 22.5 Å². The third-order valence-corrected chi connectivity index (χ3v) is 9.18. The summed E-state index contributed by atoms with van der Waals surface area (Å²) < 4.78 is 31.9. The van der Waals surface area contributed by atoms with Gasteiger partial charge in [0.05, 0.1) is 28.7 Å². The zero-order valence-corrected chi connectivity index (χ0v) is 24.9. The summed E-state index contributed by atoms with van der Waals surface area (Å²) in [5, 5.41) is 17.3. The van der Waals surface area contributed by atoms with Crippen LogP contribution >= 0.6 is 11.6 Å². The normalized spacial score (nSPS) is 16.3. The van der Waals surface area contributed by atoms with Crippen LogP contribution in [0.4, 0.5) is 0 Å². The number of piperidine rings is 1. The summed E-state index contributed by atoms with van der Waals surface area (Å²) in [5.41, 5.74) is 5.03. The molecule has 6 rings (SSSR count). The predicted molar refractivity (Wildman–Crippen MR) is 163 cm³/mol. The van der Waals surface area contributed by atoms with E-state index in [1.54, 1.807) is 33.9 Å². The van der Waals surface area contributed by atoms with Gasteiger partial charge in [0.2, 0.25) is 10.0 Å². The van der Waals surface area contributed by atoms with Gasteiger partial charge in [-0.1, -0.05) is 58.4 Å². The molecule has 10 nitrogen and oxygen atoms in total. The number of carbonyl (C=O) groups is 1. The van der Waals surface area contributed by atoms with Crippen LogP contribution in [0, 0.1) is 13.8 Å². The van der Waals surface area contributed by atoms with Crippen molar-refractivity contribution in [3.05, 3.63) is 124 Å². The molecule has 43 heavy (non-hydrogen) atoms. The maximum absolute atomic E-state index is 13.8. The molecule has 1 saturated heterocycles. The van der Waals surface area contributed by atoms with Crippen LogP contribution in [0.3, 0.4) is 0 Å². The van der Waals surface area contributed by atoms with E-state index >= 15 is 0 Å². The number of sulfonamides is 1. The molecule has 0 spiro atoms. The van der Waals surface area contributed by atoms with Crippen molar-refractivity contribution in [2.75, 3.05) is 13.1 Å². The van der Waals surface area contributed by atoms with E-state index in [2.05, 4.69) is 20.6 Å². The van der Waals surface area contributed by atoms with Gasteiger partial charge in [-0.15, -0.1) is 10.2 Å². The van der Waals surface area contributed by atoms with E-state index in [0.29, 0.717) is 16.4 Å². The number of aromatic nitrogens is 6. The number of carbonyl (C=O) groups excluding carboxylic acids is 1. The number of halogens is 1. The maximum atomic E-state index is 13.8. The average Bonchev–Trinajstić information content (AvgIpc) is 3.65. The summed E-state index contributed by atoms with van der Waals surface area (Å²) in [7, 11) is -3.98. The molecule has 12 heteroatoms. The maximum Gasteiger partial charge on any atom is 0.243 e. The molecule has 3 aromatic carbocycles. The molecule has 3 heterocycles. The van der Waals surface area contributed by atoms with Crippen molar-refractivity contribution in [2.45, 2.75) is 18.7 Å². The second-order valence-electron chi connectivity index (χ2n) is 10.1. The average molecular weight is 612 g/mol. The second-order valence-corrected chi connectivity index (χ2v) is 12.5. The molecule has 216 valence electrons. The summed E-state index contributed by atoms with van der Waals surface area (Å²) in [4.78, 5) is 13.8. The first-order valence-electron chi connectivity index (χ1n) is 13.4. The Morgan fingerprint density at radius 2 is 1.19 bits per heavy atom. The SMILES string of the molecule is Cc1ccccc1-n1cc(C=C2CN(S(=O)(=O)c3ccc(Cl)cc3)CC(=Cc3cn(-c4ccccc4C)nn3)C2=O)nn1. The topological polar surface area (TPSA) is 116 Å². The van der Waals surface area contributed by atoms with Crippen molar-refractivity contribution < 1.29 is 13.2 Å². The largest absolute Gasteiger partial charge is 0.289 e. The first-order chi connectivity index (χ1) is 20.7. The number of aryl methyl sites for hydroxylation is 2. The Labute approximate surface area is 253 Å². The van der Waals surface area contributed by atoms with Crippen molar-refractivity contribution in [3.8, 4) is 11.4 Å². The summed E-state index contributed by atoms with van der Waals surface area (Å²) in [6.07, 6.45) is 6.55. The lowest BCUT2D eigenvalue weighted by molar-refractivity contribution is -0.113. The number of rotatable bonds is 6. The number of para-hydroxylation sites is 2.